The minimum atomic E-state index is -0.377. The summed E-state index contributed by atoms with van der Waals surface area (Å²) in [4.78, 5) is 33.4. The largest absolute Gasteiger partial charge is 0.344 e. The van der Waals surface area contributed by atoms with Crippen molar-refractivity contribution in [3.8, 4) is 0 Å². The van der Waals surface area contributed by atoms with Crippen molar-refractivity contribution in [1.29, 1.82) is 0 Å². The van der Waals surface area contributed by atoms with E-state index in [1.165, 1.54) is 0 Å². The molecule has 0 saturated carbocycles. The summed E-state index contributed by atoms with van der Waals surface area (Å²) in [5.41, 5.74) is 1.87. The number of urea groups is 1. The molecule has 2 aromatic heterocycles. The van der Waals surface area contributed by atoms with E-state index in [2.05, 4.69) is 20.6 Å². The van der Waals surface area contributed by atoms with E-state index in [9.17, 15) is 9.59 Å². The van der Waals surface area contributed by atoms with Gasteiger partial charge < -0.3 is 15.5 Å². The smallest absolute Gasteiger partial charge is 0.315 e. The molecule has 24 heavy (non-hydrogen) atoms. The van der Waals surface area contributed by atoms with Gasteiger partial charge in [0.25, 0.3) is 0 Å². The molecule has 0 aliphatic rings. The molecule has 0 bridgehead atoms. The summed E-state index contributed by atoms with van der Waals surface area (Å²) in [5.74, 6) is -0.148. The summed E-state index contributed by atoms with van der Waals surface area (Å²) in [7, 11) is 1.71. The number of carbonyl (C=O) groups excluding carboxylic acids is 2. The average molecular weight is 327 g/mol. The predicted molar refractivity (Wildman–Crippen MR) is 90.1 cm³/mol. The highest BCUT2D eigenvalue weighted by Gasteiger charge is 2.10. The fourth-order valence-electron chi connectivity index (χ4n) is 1.99. The van der Waals surface area contributed by atoms with Crippen LogP contribution in [0.4, 0.5) is 4.79 Å². The van der Waals surface area contributed by atoms with Crippen LogP contribution in [0.3, 0.4) is 0 Å². The number of likely N-dealkylation sites (N-methyl/N-ethyl adjacent to an activating group) is 1. The Labute approximate surface area is 141 Å². The Morgan fingerprint density at radius 2 is 1.88 bits per heavy atom. The van der Waals surface area contributed by atoms with Crippen LogP contribution in [0, 0.1) is 0 Å². The highest BCUT2D eigenvalue weighted by Crippen LogP contribution is 1.97. The molecule has 0 aromatic carbocycles. The van der Waals surface area contributed by atoms with Crippen LogP contribution in [0.25, 0.3) is 0 Å². The van der Waals surface area contributed by atoms with Crippen molar-refractivity contribution in [2.75, 3.05) is 20.1 Å². The van der Waals surface area contributed by atoms with Crippen LogP contribution in [0.2, 0.25) is 0 Å². The SMILES string of the molecule is CN(CCc1ccccn1)C(=O)CNC(=O)NCc1ccncc1. The van der Waals surface area contributed by atoms with Gasteiger partial charge in [0.2, 0.25) is 5.91 Å². The summed E-state index contributed by atoms with van der Waals surface area (Å²) in [6.07, 6.45) is 5.73. The van der Waals surface area contributed by atoms with Gasteiger partial charge in [0.05, 0.1) is 6.54 Å². The third-order valence-corrected chi connectivity index (χ3v) is 3.46. The molecule has 0 radical (unpaired) electrons. The van der Waals surface area contributed by atoms with Crippen molar-refractivity contribution < 1.29 is 9.59 Å². The predicted octanol–water partition coefficient (Wildman–Crippen LogP) is 0.977. The zero-order valence-electron chi connectivity index (χ0n) is 13.6. The third-order valence-electron chi connectivity index (χ3n) is 3.46. The first-order chi connectivity index (χ1) is 11.6. The molecule has 2 N–H and O–H groups in total. The van der Waals surface area contributed by atoms with E-state index in [0.29, 0.717) is 19.5 Å². The molecule has 0 spiro atoms. The fraction of sp³-hybridized carbons (Fsp3) is 0.294. The van der Waals surface area contributed by atoms with E-state index in [1.54, 1.807) is 30.5 Å². The number of rotatable bonds is 7. The molecule has 0 aliphatic carbocycles. The summed E-state index contributed by atoms with van der Waals surface area (Å²) in [6.45, 7) is 0.898. The first-order valence-electron chi connectivity index (χ1n) is 7.69. The molecular weight excluding hydrogens is 306 g/mol. The van der Waals surface area contributed by atoms with Crippen LogP contribution in [-0.2, 0) is 17.8 Å². The Bertz CT molecular complexity index is 649. The lowest BCUT2D eigenvalue weighted by molar-refractivity contribution is -0.128. The number of hydrogen-bond donors (Lipinski definition) is 2. The molecule has 0 fully saturated rings. The molecule has 0 aliphatic heterocycles. The van der Waals surface area contributed by atoms with Crippen molar-refractivity contribution in [2.24, 2.45) is 0 Å². The fourth-order valence-corrected chi connectivity index (χ4v) is 1.99. The van der Waals surface area contributed by atoms with E-state index in [1.807, 2.05) is 30.3 Å². The third kappa shape index (κ3) is 6.04. The summed E-state index contributed by atoms with van der Waals surface area (Å²) in [5, 5.41) is 5.25. The van der Waals surface area contributed by atoms with Gasteiger partial charge in [-0.15, -0.1) is 0 Å². The minimum absolute atomic E-state index is 0.0408. The lowest BCUT2D eigenvalue weighted by atomic mass is 10.2. The maximum atomic E-state index is 12.0. The van der Waals surface area contributed by atoms with Crippen LogP contribution < -0.4 is 10.6 Å². The Hall–Kier alpha value is -2.96. The van der Waals surface area contributed by atoms with Crippen molar-refractivity contribution in [1.82, 2.24) is 25.5 Å². The molecule has 2 rings (SSSR count). The van der Waals surface area contributed by atoms with E-state index >= 15 is 0 Å². The van der Waals surface area contributed by atoms with E-state index < -0.39 is 0 Å². The Morgan fingerprint density at radius 1 is 1.08 bits per heavy atom. The number of aromatic nitrogens is 2. The second-order valence-electron chi connectivity index (χ2n) is 5.28. The summed E-state index contributed by atoms with van der Waals surface area (Å²) >= 11 is 0. The second kappa shape index (κ2) is 9.24. The van der Waals surface area contributed by atoms with Crippen LogP contribution >= 0.6 is 0 Å². The second-order valence-corrected chi connectivity index (χ2v) is 5.28. The van der Waals surface area contributed by atoms with Crippen molar-refractivity contribution >= 4 is 11.9 Å². The molecule has 2 heterocycles. The molecule has 7 heteroatoms. The standard InChI is InChI=1S/C17H21N5O2/c1-22(11-7-15-4-2-3-8-19-15)16(23)13-21-17(24)20-12-14-5-9-18-10-6-14/h2-6,8-10H,7,11-13H2,1H3,(H2,20,21,24). The van der Waals surface area contributed by atoms with E-state index in [-0.39, 0.29) is 18.5 Å². The van der Waals surface area contributed by atoms with Gasteiger partial charge in [-0.2, -0.15) is 0 Å². The van der Waals surface area contributed by atoms with Gasteiger partial charge in [-0.25, -0.2) is 4.79 Å². The molecule has 0 unspecified atom stereocenters. The van der Waals surface area contributed by atoms with Crippen molar-refractivity contribution in [3.63, 3.8) is 0 Å². The number of amides is 3. The molecule has 126 valence electrons. The Balaban J connectivity index is 1.65. The summed E-state index contributed by atoms with van der Waals surface area (Å²) in [6, 6.07) is 8.95. The monoisotopic (exact) mass is 327 g/mol. The van der Waals surface area contributed by atoms with Crippen molar-refractivity contribution in [2.45, 2.75) is 13.0 Å². The maximum Gasteiger partial charge on any atom is 0.315 e. The maximum absolute atomic E-state index is 12.0. The highest BCUT2D eigenvalue weighted by molar-refractivity contribution is 5.83. The Kier molecular flexibility index (Phi) is 6.70. The van der Waals surface area contributed by atoms with Crippen LogP contribution in [-0.4, -0.2) is 46.9 Å². The molecular formula is C17H21N5O2. The van der Waals surface area contributed by atoms with Gasteiger partial charge in [-0.05, 0) is 29.8 Å². The van der Waals surface area contributed by atoms with Gasteiger partial charge in [0.15, 0.2) is 0 Å². The lowest BCUT2D eigenvalue weighted by Gasteiger charge is -2.17. The van der Waals surface area contributed by atoms with Gasteiger partial charge >= 0.3 is 6.03 Å². The topological polar surface area (TPSA) is 87.2 Å². The van der Waals surface area contributed by atoms with Crippen LogP contribution in [0.1, 0.15) is 11.3 Å². The molecule has 2 aromatic rings. The lowest BCUT2D eigenvalue weighted by Crippen LogP contribution is -2.42. The average Bonchev–Trinajstić information content (AvgIpc) is 2.64. The zero-order chi connectivity index (χ0) is 17.2. The normalized spacial score (nSPS) is 10.0. The van der Waals surface area contributed by atoms with E-state index in [4.69, 9.17) is 0 Å². The number of nitrogens with one attached hydrogen (secondary N) is 2. The first kappa shape index (κ1) is 17.4. The zero-order valence-corrected chi connectivity index (χ0v) is 13.6. The number of hydrogen-bond acceptors (Lipinski definition) is 4. The minimum Gasteiger partial charge on any atom is -0.344 e. The first-order valence-corrected chi connectivity index (χ1v) is 7.69. The van der Waals surface area contributed by atoms with Gasteiger partial charge in [-0.1, -0.05) is 6.07 Å². The van der Waals surface area contributed by atoms with E-state index in [0.717, 1.165) is 11.3 Å². The van der Waals surface area contributed by atoms with Gasteiger partial charge in [-0.3, -0.25) is 14.8 Å². The molecule has 0 atom stereocenters. The number of pyridine rings is 2. The summed E-state index contributed by atoms with van der Waals surface area (Å²) < 4.78 is 0. The Morgan fingerprint density at radius 3 is 2.58 bits per heavy atom. The van der Waals surface area contributed by atoms with Crippen molar-refractivity contribution in [3.05, 3.63) is 60.2 Å². The van der Waals surface area contributed by atoms with Gasteiger partial charge in [0, 0.05) is 50.8 Å². The van der Waals surface area contributed by atoms with Crippen LogP contribution in [0.15, 0.2) is 48.9 Å². The number of carbonyl (C=O) groups is 2. The molecule has 7 nitrogen and oxygen atoms in total. The van der Waals surface area contributed by atoms with Gasteiger partial charge in [0.1, 0.15) is 0 Å². The van der Waals surface area contributed by atoms with Crippen LogP contribution in [0.5, 0.6) is 0 Å². The molecule has 0 saturated heterocycles. The highest BCUT2D eigenvalue weighted by atomic mass is 16.2. The molecule has 3 amide bonds. The number of nitrogens with zero attached hydrogens (tertiary/aromatic N) is 3. The quantitative estimate of drug-likeness (QED) is 0.793.